The second-order valence-electron chi connectivity index (χ2n) is 9.47. The number of hydrogen-bond acceptors (Lipinski definition) is 5. The Balaban J connectivity index is 1.89. The summed E-state index contributed by atoms with van der Waals surface area (Å²) >= 11 is 0. The van der Waals surface area contributed by atoms with Crippen LogP contribution >= 0.6 is 0 Å². The summed E-state index contributed by atoms with van der Waals surface area (Å²) < 4.78 is 11.6. The van der Waals surface area contributed by atoms with E-state index in [1.165, 1.54) is 5.57 Å². The van der Waals surface area contributed by atoms with Gasteiger partial charge in [-0.15, -0.1) is 10.2 Å². The number of carbonyl (C=O) groups is 1. The summed E-state index contributed by atoms with van der Waals surface area (Å²) in [6.45, 7) is 13.0. The van der Waals surface area contributed by atoms with E-state index >= 15 is 0 Å². The van der Waals surface area contributed by atoms with Gasteiger partial charge in [-0.2, -0.15) is 0 Å². The molecular weight excluding hydrogens is 366 g/mol. The lowest BCUT2D eigenvalue weighted by Crippen LogP contribution is -2.40. The zero-order valence-electron chi connectivity index (χ0n) is 18.3. The lowest BCUT2D eigenvalue weighted by molar-refractivity contribution is 0.0236. The standard InChI is InChI=1S/C23H31N3O3/c1-22(2,3)20-25-24-19(28-20)18(16-10-8-7-9-11-16)17-12-14-26(15-13-17)21(27)29-23(4,5)6/h7-11H,12-15H2,1-6H3. The van der Waals surface area contributed by atoms with Gasteiger partial charge >= 0.3 is 6.09 Å². The van der Waals surface area contributed by atoms with E-state index in [1.54, 1.807) is 4.90 Å². The van der Waals surface area contributed by atoms with Crippen molar-refractivity contribution in [3.8, 4) is 0 Å². The van der Waals surface area contributed by atoms with E-state index in [-0.39, 0.29) is 11.5 Å². The third kappa shape index (κ3) is 5.25. The number of aromatic nitrogens is 2. The van der Waals surface area contributed by atoms with E-state index in [0.29, 0.717) is 24.9 Å². The highest BCUT2D eigenvalue weighted by molar-refractivity contribution is 5.78. The minimum absolute atomic E-state index is 0.211. The number of rotatable bonds is 2. The van der Waals surface area contributed by atoms with Crippen molar-refractivity contribution in [3.05, 3.63) is 53.2 Å². The molecule has 1 saturated heterocycles. The Kier molecular flexibility index (Phi) is 5.82. The molecule has 2 aromatic rings. The molecule has 0 bridgehead atoms. The molecule has 0 atom stereocenters. The highest BCUT2D eigenvalue weighted by Gasteiger charge is 2.28. The van der Waals surface area contributed by atoms with E-state index in [2.05, 4.69) is 43.1 Å². The minimum Gasteiger partial charge on any atom is -0.444 e. The molecule has 1 aromatic heterocycles. The topological polar surface area (TPSA) is 68.5 Å². The summed E-state index contributed by atoms with van der Waals surface area (Å²) in [4.78, 5) is 14.2. The highest BCUT2D eigenvalue weighted by Crippen LogP contribution is 2.33. The molecule has 0 radical (unpaired) electrons. The van der Waals surface area contributed by atoms with Crippen LogP contribution in [0.2, 0.25) is 0 Å². The van der Waals surface area contributed by atoms with Crippen LogP contribution in [0, 0.1) is 0 Å². The first-order valence-electron chi connectivity index (χ1n) is 10.1. The highest BCUT2D eigenvalue weighted by atomic mass is 16.6. The Bertz CT molecular complexity index is 876. The molecule has 0 unspecified atom stereocenters. The summed E-state index contributed by atoms with van der Waals surface area (Å²) in [6.07, 6.45) is 1.23. The Morgan fingerprint density at radius 3 is 2.14 bits per heavy atom. The van der Waals surface area contributed by atoms with Crippen LogP contribution in [0.25, 0.3) is 5.57 Å². The molecule has 6 heteroatoms. The number of nitrogens with zero attached hydrogens (tertiary/aromatic N) is 3. The molecule has 1 aliphatic heterocycles. The van der Waals surface area contributed by atoms with Gasteiger partial charge in [0, 0.05) is 24.1 Å². The van der Waals surface area contributed by atoms with Crippen molar-refractivity contribution in [1.29, 1.82) is 0 Å². The van der Waals surface area contributed by atoms with Gasteiger partial charge in [0.2, 0.25) is 11.8 Å². The smallest absolute Gasteiger partial charge is 0.410 e. The minimum atomic E-state index is -0.491. The fourth-order valence-corrected chi connectivity index (χ4v) is 3.25. The predicted octanol–water partition coefficient (Wildman–Crippen LogP) is 5.20. The number of ether oxygens (including phenoxy) is 1. The molecule has 6 nitrogen and oxygen atoms in total. The van der Waals surface area contributed by atoms with Crippen molar-refractivity contribution >= 4 is 11.7 Å². The third-order valence-corrected chi connectivity index (χ3v) is 4.72. The van der Waals surface area contributed by atoms with Crippen LogP contribution in [-0.4, -0.2) is 39.9 Å². The summed E-state index contributed by atoms with van der Waals surface area (Å²) in [5.74, 6) is 1.16. The van der Waals surface area contributed by atoms with Crippen LogP contribution in [0.5, 0.6) is 0 Å². The first-order valence-corrected chi connectivity index (χ1v) is 10.1. The van der Waals surface area contributed by atoms with Crippen molar-refractivity contribution in [2.45, 2.75) is 65.4 Å². The second-order valence-corrected chi connectivity index (χ2v) is 9.47. The normalized spacial score (nSPS) is 15.4. The maximum absolute atomic E-state index is 12.4. The lowest BCUT2D eigenvalue weighted by atomic mass is 9.93. The number of hydrogen-bond donors (Lipinski definition) is 0. The molecule has 2 heterocycles. The van der Waals surface area contributed by atoms with Gasteiger partial charge in [0.1, 0.15) is 5.60 Å². The summed E-state index contributed by atoms with van der Waals surface area (Å²) in [6, 6.07) is 10.1. The van der Waals surface area contributed by atoms with Crippen LogP contribution in [0.3, 0.4) is 0 Å². The van der Waals surface area contributed by atoms with Gasteiger partial charge in [-0.3, -0.25) is 0 Å². The molecule has 0 saturated carbocycles. The monoisotopic (exact) mass is 397 g/mol. The van der Waals surface area contributed by atoms with Crippen LogP contribution in [-0.2, 0) is 10.2 Å². The second kappa shape index (κ2) is 8.01. The van der Waals surface area contributed by atoms with Crippen LogP contribution in [0.15, 0.2) is 40.3 Å². The first-order chi connectivity index (χ1) is 13.5. The first kappa shape index (κ1) is 21.1. The molecule has 0 aliphatic carbocycles. The fourth-order valence-electron chi connectivity index (χ4n) is 3.25. The van der Waals surface area contributed by atoms with Crippen LogP contribution < -0.4 is 0 Å². The third-order valence-electron chi connectivity index (χ3n) is 4.72. The van der Waals surface area contributed by atoms with Crippen molar-refractivity contribution in [2.24, 2.45) is 0 Å². The van der Waals surface area contributed by atoms with E-state index in [0.717, 1.165) is 24.0 Å². The molecule has 156 valence electrons. The van der Waals surface area contributed by atoms with E-state index in [1.807, 2.05) is 39.0 Å². The summed E-state index contributed by atoms with van der Waals surface area (Å²) in [7, 11) is 0. The molecule has 1 amide bonds. The van der Waals surface area contributed by atoms with Crippen molar-refractivity contribution in [2.75, 3.05) is 13.1 Å². The maximum atomic E-state index is 12.4. The van der Waals surface area contributed by atoms with Crippen LogP contribution in [0.4, 0.5) is 4.79 Å². The number of piperidine rings is 1. The average Bonchev–Trinajstić information content (AvgIpc) is 3.12. The van der Waals surface area contributed by atoms with Crippen LogP contribution in [0.1, 0.15) is 71.7 Å². The molecule has 1 aromatic carbocycles. The Morgan fingerprint density at radius 1 is 1.00 bits per heavy atom. The maximum Gasteiger partial charge on any atom is 0.410 e. The van der Waals surface area contributed by atoms with Gasteiger partial charge in [0.25, 0.3) is 0 Å². The van der Waals surface area contributed by atoms with Gasteiger partial charge in [0.15, 0.2) is 0 Å². The molecule has 0 N–H and O–H groups in total. The van der Waals surface area contributed by atoms with Gasteiger partial charge in [0.05, 0.1) is 0 Å². The molecule has 1 aliphatic rings. The van der Waals surface area contributed by atoms with Gasteiger partial charge in [-0.25, -0.2) is 4.79 Å². The van der Waals surface area contributed by atoms with Gasteiger partial charge in [-0.05, 0) is 39.2 Å². The number of benzene rings is 1. The van der Waals surface area contributed by atoms with Crippen molar-refractivity contribution in [3.63, 3.8) is 0 Å². The van der Waals surface area contributed by atoms with E-state index in [4.69, 9.17) is 9.15 Å². The molecule has 1 fully saturated rings. The predicted molar refractivity (Wildman–Crippen MR) is 113 cm³/mol. The summed E-state index contributed by atoms with van der Waals surface area (Å²) in [5.41, 5.74) is 2.56. The summed E-state index contributed by atoms with van der Waals surface area (Å²) in [5, 5.41) is 8.63. The average molecular weight is 398 g/mol. The molecule has 3 rings (SSSR count). The lowest BCUT2D eigenvalue weighted by Gasteiger charge is -2.31. The number of likely N-dealkylation sites (tertiary alicyclic amines) is 1. The molecular formula is C23H31N3O3. The molecule has 0 spiro atoms. The largest absolute Gasteiger partial charge is 0.444 e. The quantitative estimate of drug-likeness (QED) is 0.697. The van der Waals surface area contributed by atoms with E-state index < -0.39 is 5.60 Å². The zero-order chi connectivity index (χ0) is 21.2. The Morgan fingerprint density at radius 2 is 1.62 bits per heavy atom. The Labute approximate surface area is 173 Å². The number of amides is 1. The number of carbonyl (C=O) groups excluding carboxylic acids is 1. The Hall–Kier alpha value is -2.63. The molecule has 29 heavy (non-hydrogen) atoms. The van der Waals surface area contributed by atoms with E-state index in [9.17, 15) is 4.79 Å². The van der Waals surface area contributed by atoms with Gasteiger partial charge < -0.3 is 14.1 Å². The van der Waals surface area contributed by atoms with Crippen molar-refractivity contribution in [1.82, 2.24) is 15.1 Å². The SMILES string of the molecule is CC(C)(C)OC(=O)N1CCC(=C(c2ccccc2)c2nnc(C(C)(C)C)o2)CC1. The van der Waals surface area contributed by atoms with Crippen molar-refractivity contribution < 1.29 is 13.9 Å². The van der Waals surface area contributed by atoms with Gasteiger partial charge in [-0.1, -0.05) is 56.7 Å². The fraction of sp³-hybridized carbons (Fsp3) is 0.522. The zero-order valence-corrected chi connectivity index (χ0v) is 18.3.